The Kier molecular flexibility index (Phi) is 32.0. The summed E-state index contributed by atoms with van der Waals surface area (Å²) in [6.45, 7) is 3.62. The summed E-state index contributed by atoms with van der Waals surface area (Å²) in [6.07, 6.45) is 33.1. The highest BCUT2D eigenvalue weighted by molar-refractivity contribution is 5.76. The van der Waals surface area contributed by atoms with Crippen LogP contribution >= 0.6 is 0 Å². The fourth-order valence-electron chi connectivity index (χ4n) is 6.76. The number of unbranched alkanes of at least 4 members (excludes halogenated alkanes) is 23. The van der Waals surface area contributed by atoms with Gasteiger partial charge in [-0.3, -0.25) is 4.79 Å². The van der Waals surface area contributed by atoms with Crippen molar-refractivity contribution in [1.29, 1.82) is 0 Å². The number of ether oxygens (including phenoxy) is 2. The Bertz CT molecular complexity index is 868. The maximum Gasteiger partial charge on any atom is 0.220 e. The summed E-state index contributed by atoms with van der Waals surface area (Å²) in [6, 6.07) is -0.813. The number of aliphatic hydroxyl groups excluding tert-OH is 5. The molecule has 7 atom stereocenters. The highest BCUT2D eigenvalue weighted by Crippen LogP contribution is 2.22. The first-order valence-electron chi connectivity index (χ1n) is 21.6. The van der Waals surface area contributed by atoms with E-state index in [9.17, 15) is 30.3 Å². The number of allylic oxidation sites excluding steroid dienone is 3. The second-order valence-electron chi connectivity index (χ2n) is 15.1. The average molecular weight is 740 g/mol. The van der Waals surface area contributed by atoms with Crippen LogP contribution in [0.1, 0.15) is 187 Å². The van der Waals surface area contributed by atoms with Crippen LogP contribution in [-0.4, -0.2) is 87.5 Å². The van der Waals surface area contributed by atoms with Crippen LogP contribution in [0.25, 0.3) is 0 Å². The van der Waals surface area contributed by atoms with Crippen molar-refractivity contribution < 1.29 is 39.8 Å². The van der Waals surface area contributed by atoms with E-state index in [0.717, 1.165) is 44.9 Å². The highest BCUT2D eigenvalue weighted by Gasteiger charge is 2.44. The van der Waals surface area contributed by atoms with Crippen molar-refractivity contribution in [1.82, 2.24) is 5.32 Å². The molecule has 9 nitrogen and oxygen atoms in total. The van der Waals surface area contributed by atoms with E-state index in [2.05, 4.69) is 31.3 Å². The minimum absolute atomic E-state index is 0.200. The van der Waals surface area contributed by atoms with Gasteiger partial charge in [-0.15, -0.1) is 0 Å². The smallest absolute Gasteiger partial charge is 0.220 e. The lowest BCUT2D eigenvalue weighted by atomic mass is 9.99. The molecule has 0 spiro atoms. The Labute approximate surface area is 318 Å². The standard InChI is InChI=1S/C43H81NO8/c1-3-5-7-9-10-11-12-13-14-15-16-17-18-19-20-21-22-23-24-25-26-27-28-29-30-32-37(46)36(44-39(47)33-31-8-6-4-2)35-51-43-42(50)41(49)40(48)38(34-45)52-43/h26-27,30,32,36-38,40-43,45-46,48-50H,3-25,28-29,31,33-35H2,1-2H3,(H,44,47)/b27-26+,32-30+. The van der Waals surface area contributed by atoms with Gasteiger partial charge in [0.15, 0.2) is 6.29 Å². The van der Waals surface area contributed by atoms with Gasteiger partial charge >= 0.3 is 0 Å². The van der Waals surface area contributed by atoms with E-state index in [4.69, 9.17) is 9.47 Å². The zero-order valence-corrected chi connectivity index (χ0v) is 33.3. The fraction of sp³-hybridized carbons (Fsp3) is 0.884. The SMILES string of the molecule is CCCCCCCCCCCCCCCCCCCCC/C=C/CC/C=C/C(O)C(COC1OC(CO)C(O)C(O)C1O)NC(=O)CCCCCC. The minimum Gasteiger partial charge on any atom is -0.394 e. The lowest BCUT2D eigenvalue weighted by molar-refractivity contribution is -0.302. The van der Waals surface area contributed by atoms with Crippen LogP contribution in [0.5, 0.6) is 0 Å². The largest absolute Gasteiger partial charge is 0.394 e. The maximum atomic E-state index is 12.6. The molecule has 1 rings (SSSR count). The van der Waals surface area contributed by atoms with Gasteiger partial charge in [0.2, 0.25) is 5.91 Å². The van der Waals surface area contributed by atoms with E-state index < -0.39 is 49.5 Å². The van der Waals surface area contributed by atoms with Crippen LogP contribution < -0.4 is 5.32 Å². The van der Waals surface area contributed by atoms with E-state index in [0.29, 0.717) is 6.42 Å². The molecule has 6 N–H and O–H groups in total. The predicted octanol–water partition coefficient (Wildman–Crippen LogP) is 8.33. The molecule has 1 amide bonds. The highest BCUT2D eigenvalue weighted by atomic mass is 16.7. The van der Waals surface area contributed by atoms with Gasteiger partial charge in [-0.05, 0) is 32.1 Å². The van der Waals surface area contributed by atoms with Crippen molar-refractivity contribution in [3.05, 3.63) is 24.3 Å². The Morgan fingerprint density at radius 1 is 0.635 bits per heavy atom. The molecule has 0 aromatic rings. The molecule has 9 heteroatoms. The molecule has 306 valence electrons. The number of nitrogens with one attached hydrogen (secondary N) is 1. The Morgan fingerprint density at radius 3 is 1.62 bits per heavy atom. The van der Waals surface area contributed by atoms with Crippen LogP contribution in [0.2, 0.25) is 0 Å². The molecule has 1 saturated heterocycles. The van der Waals surface area contributed by atoms with Crippen molar-refractivity contribution in [2.75, 3.05) is 13.2 Å². The van der Waals surface area contributed by atoms with Crippen LogP contribution in [0.3, 0.4) is 0 Å². The normalized spacial score (nSPS) is 22.0. The van der Waals surface area contributed by atoms with E-state index in [-0.39, 0.29) is 12.5 Å². The molecule has 52 heavy (non-hydrogen) atoms. The maximum absolute atomic E-state index is 12.6. The Balaban J connectivity index is 2.19. The third-order valence-electron chi connectivity index (χ3n) is 10.3. The van der Waals surface area contributed by atoms with Gasteiger partial charge in [0, 0.05) is 6.42 Å². The number of carbonyl (C=O) groups excluding carboxylic acids is 1. The fourth-order valence-corrected chi connectivity index (χ4v) is 6.76. The van der Waals surface area contributed by atoms with Crippen molar-refractivity contribution in [2.24, 2.45) is 0 Å². The van der Waals surface area contributed by atoms with Crippen molar-refractivity contribution in [3.63, 3.8) is 0 Å². The number of hydrogen-bond acceptors (Lipinski definition) is 8. The molecule has 1 heterocycles. The molecule has 1 aliphatic rings. The first-order chi connectivity index (χ1) is 25.3. The van der Waals surface area contributed by atoms with Crippen LogP contribution in [0.15, 0.2) is 24.3 Å². The molecule has 0 saturated carbocycles. The zero-order chi connectivity index (χ0) is 38.1. The van der Waals surface area contributed by atoms with Gasteiger partial charge in [-0.1, -0.05) is 173 Å². The molecule has 7 unspecified atom stereocenters. The van der Waals surface area contributed by atoms with Crippen LogP contribution in [-0.2, 0) is 14.3 Å². The second kappa shape index (κ2) is 34.2. The third kappa shape index (κ3) is 24.9. The van der Waals surface area contributed by atoms with E-state index in [1.807, 2.05) is 6.08 Å². The van der Waals surface area contributed by atoms with E-state index in [1.165, 1.54) is 122 Å². The van der Waals surface area contributed by atoms with Crippen molar-refractivity contribution >= 4 is 5.91 Å². The van der Waals surface area contributed by atoms with Gasteiger partial charge < -0.3 is 40.3 Å². The van der Waals surface area contributed by atoms with Gasteiger partial charge in [0.1, 0.15) is 24.4 Å². The number of carbonyl (C=O) groups is 1. The quantitative estimate of drug-likeness (QED) is 0.0281. The predicted molar refractivity (Wildman–Crippen MR) is 212 cm³/mol. The van der Waals surface area contributed by atoms with Gasteiger partial charge in [0.25, 0.3) is 0 Å². The van der Waals surface area contributed by atoms with Gasteiger partial charge in [-0.2, -0.15) is 0 Å². The third-order valence-corrected chi connectivity index (χ3v) is 10.3. The zero-order valence-electron chi connectivity index (χ0n) is 33.3. The Morgan fingerprint density at radius 2 is 1.10 bits per heavy atom. The van der Waals surface area contributed by atoms with Gasteiger partial charge in [-0.25, -0.2) is 0 Å². The summed E-state index contributed by atoms with van der Waals surface area (Å²) in [5.41, 5.74) is 0. The lowest BCUT2D eigenvalue weighted by Gasteiger charge is -2.40. The molecule has 1 aliphatic heterocycles. The molecule has 0 aromatic carbocycles. The minimum atomic E-state index is -1.57. The first kappa shape index (κ1) is 48.7. The molecular weight excluding hydrogens is 658 g/mol. The topological polar surface area (TPSA) is 149 Å². The van der Waals surface area contributed by atoms with Crippen molar-refractivity contribution in [3.8, 4) is 0 Å². The number of aliphatic hydroxyl groups is 5. The molecule has 0 aromatic heterocycles. The van der Waals surface area contributed by atoms with Crippen LogP contribution in [0.4, 0.5) is 0 Å². The summed E-state index contributed by atoms with van der Waals surface area (Å²) in [5.74, 6) is -0.205. The molecular formula is C43H81NO8. The molecule has 0 aliphatic carbocycles. The second-order valence-corrected chi connectivity index (χ2v) is 15.1. The number of amides is 1. The Hall–Kier alpha value is -1.33. The summed E-state index contributed by atoms with van der Waals surface area (Å²) >= 11 is 0. The molecule has 1 fully saturated rings. The summed E-state index contributed by atoms with van der Waals surface area (Å²) in [7, 11) is 0. The molecule has 0 radical (unpaired) electrons. The average Bonchev–Trinajstić information content (AvgIpc) is 3.14. The van der Waals surface area contributed by atoms with E-state index in [1.54, 1.807) is 6.08 Å². The summed E-state index contributed by atoms with van der Waals surface area (Å²) in [4.78, 5) is 12.6. The summed E-state index contributed by atoms with van der Waals surface area (Å²) in [5, 5.41) is 53.6. The van der Waals surface area contributed by atoms with E-state index >= 15 is 0 Å². The lowest BCUT2D eigenvalue weighted by Crippen LogP contribution is -2.60. The summed E-state index contributed by atoms with van der Waals surface area (Å²) < 4.78 is 11.1. The number of hydrogen-bond donors (Lipinski definition) is 6. The van der Waals surface area contributed by atoms with Gasteiger partial charge in [0.05, 0.1) is 25.4 Å². The number of rotatable bonds is 35. The van der Waals surface area contributed by atoms with Crippen molar-refractivity contribution in [2.45, 2.75) is 230 Å². The monoisotopic (exact) mass is 740 g/mol. The first-order valence-corrected chi connectivity index (χ1v) is 21.6. The molecule has 0 bridgehead atoms. The van der Waals surface area contributed by atoms with Crippen LogP contribution in [0, 0.1) is 0 Å².